The number of aliphatic hydroxyl groups excluding tert-OH is 1. The van der Waals surface area contributed by atoms with Crippen LogP contribution >= 0.6 is 0 Å². The van der Waals surface area contributed by atoms with Crippen molar-refractivity contribution in [3.63, 3.8) is 0 Å². The second-order valence-electron chi connectivity index (χ2n) is 5.45. The van der Waals surface area contributed by atoms with Crippen LogP contribution in [0.3, 0.4) is 0 Å². The summed E-state index contributed by atoms with van der Waals surface area (Å²) in [4.78, 5) is 16.2. The number of benzene rings is 1. The Morgan fingerprint density at radius 3 is 2.71 bits per heavy atom. The minimum absolute atomic E-state index is 0.0650. The molecule has 1 N–H and O–H groups in total. The zero-order chi connectivity index (χ0) is 15.4. The zero-order valence-electron chi connectivity index (χ0n) is 12.5. The van der Waals surface area contributed by atoms with E-state index in [1.165, 1.54) is 0 Å². The molecule has 5 nitrogen and oxygen atoms in total. The number of hydrogen-bond acceptors (Lipinski definition) is 4. The Labute approximate surface area is 125 Å². The zero-order valence-corrected chi connectivity index (χ0v) is 12.5. The van der Waals surface area contributed by atoms with E-state index in [9.17, 15) is 10.1 Å². The lowest BCUT2D eigenvalue weighted by Crippen LogP contribution is -2.29. The summed E-state index contributed by atoms with van der Waals surface area (Å²) >= 11 is 0. The van der Waals surface area contributed by atoms with Crippen molar-refractivity contribution in [2.24, 2.45) is 0 Å². The molecule has 1 amide bonds. The first-order valence-corrected chi connectivity index (χ1v) is 7.23. The van der Waals surface area contributed by atoms with E-state index in [1.54, 1.807) is 4.90 Å². The molecule has 1 aromatic carbocycles. The molecule has 0 fully saturated rings. The maximum Gasteiger partial charge on any atom is 0.257 e. The highest BCUT2D eigenvalue weighted by atomic mass is 16.2. The highest BCUT2D eigenvalue weighted by molar-refractivity contribution is 6.04. The number of anilines is 1. The third-order valence-corrected chi connectivity index (χ3v) is 3.82. The summed E-state index contributed by atoms with van der Waals surface area (Å²) < 4.78 is 0. The Kier molecular flexibility index (Phi) is 4.81. The summed E-state index contributed by atoms with van der Waals surface area (Å²) in [5.74, 6) is -0.0650. The van der Waals surface area contributed by atoms with Crippen LogP contribution in [-0.4, -0.2) is 43.2 Å². The second-order valence-corrected chi connectivity index (χ2v) is 5.45. The summed E-state index contributed by atoms with van der Waals surface area (Å²) in [6.45, 7) is 0.721. The van der Waals surface area contributed by atoms with E-state index in [0.717, 1.165) is 30.5 Å². The van der Waals surface area contributed by atoms with Gasteiger partial charge in [-0.05, 0) is 25.3 Å². The van der Waals surface area contributed by atoms with Crippen molar-refractivity contribution in [1.82, 2.24) is 4.90 Å². The smallest absolute Gasteiger partial charge is 0.257 e. The van der Waals surface area contributed by atoms with Crippen molar-refractivity contribution in [2.45, 2.75) is 25.3 Å². The summed E-state index contributed by atoms with van der Waals surface area (Å²) in [6, 6.07) is 7.40. The first-order chi connectivity index (χ1) is 10.1. The molecule has 0 saturated heterocycles. The minimum atomic E-state index is -0.499. The fraction of sp³-hybridized carbons (Fsp3) is 0.500. The highest BCUT2D eigenvalue weighted by Gasteiger charge is 2.38. The number of nitriles is 1. The molecular formula is C16H21N3O2. The lowest BCUT2D eigenvalue weighted by atomic mass is 10.0. The SMILES string of the molecule is CN(C)c1cccc2c1C(=O)N(CCCCCO)C2C#N. The van der Waals surface area contributed by atoms with Crippen molar-refractivity contribution in [1.29, 1.82) is 5.26 Å². The average Bonchev–Trinajstić information content (AvgIpc) is 2.75. The van der Waals surface area contributed by atoms with Crippen LogP contribution < -0.4 is 4.90 Å². The Hall–Kier alpha value is -2.06. The Bertz CT molecular complexity index is 563. The van der Waals surface area contributed by atoms with E-state index in [-0.39, 0.29) is 12.5 Å². The Balaban J connectivity index is 2.26. The van der Waals surface area contributed by atoms with Gasteiger partial charge in [0.15, 0.2) is 0 Å². The van der Waals surface area contributed by atoms with Crippen molar-refractivity contribution in [3.05, 3.63) is 29.3 Å². The van der Waals surface area contributed by atoms with E-state index in [4.69, 9.17) is 5.11 Å². The number of hydrogen-bond donors (Lipinski definition) is 1. The van der Waals surface area contributed by atoms with E-state index in [0.29, 0.717) is 12.1 Å². The molecule has 0 spiro atoms. The first kappa shape index (κ1) is 15.3. The van der Waals surface area contributed by atoms with E-state index < -0.39 is 6.04 Å². The lowest BCUT2D eigenvalue weighted by molar-refractivity contribution is 0.0754. The number of rotatable bonds is 6. The molecule has 1 aromatic rings. The molecule has 1 aliphatic rings. The van der Waals surface area contributed by atoms with Crippen molar-refractivity contribution >= 4 is 11.6 Å². The number of amides is 1. The maximum atomic E-state index is 12.7. The van der Waals surface area contributed by atoms with Crippen molar-refractivity contribution in [2.75, 3.05) is 32.1 Å². The van der Waals surface area contributed by atoms with Gasteiger partial charge in [0, 0.05) is 38.5 Å². The van der Waals surface area contributed by atoms with Crippen LogP contribution in [0.4, 0.5) is 5.69 Å². The van der Waals surface area contributed by atoms with Gasteiger partial charge >= 0.3 is 0 Å². The van der Waals surface area contributed by atoms with Gasteiger partial charge in [-0.15, -0.1) is 0 Å². The number of unbranched alkanes of at least 4 members (excludes halogenated alkanes) is 2. The molecule has 1 aliphatic heterocycles. The lowest BCUT2D eigenvalue weighted by Gasteiger charge is -2.20. The second kappa shape index (κ2) is 6.59. The quantitative estimate of drug-likeness (QED) is 0.812. The molecule has 1 atom stereocenters. The van der Waals surface area contributed by atoms with Gasteiger partial charge in [0.25, 0.3) is 5.91 Å². The van der Waals surface area contributed by atoms with Crippen LogP contribution in [0, 0.1) is 11.3 Å². The topological polar surface area (TPSA) is 67.6 Å². The van der Waals surface area contributed by atoms with Crippen LogP contribution in [0.5, 0.6) is 0 Å². The average molecular weight is 287 g/mol. The fourth-order valence-electron chi connectivity index (χ4n) is 2.76. The largest absolute Gasteiger partial charge is 0.396 e. The standard InChI is InChI=1S/C16H21N3O2/c1-18(2)13-8-6-7-12-14(11-17)19(16(21)15(12)13)9-4-3-5-10-20/h6-8,14,20H,3-5,9-10H2,1-2H3. The van der Waals surface area contributed by atoms with Crippen molar-refractivity contribution in [3.8, 4) is 6.07 Å². The third kappa shape index (κ3) is 2.86. The fourth-order valence-corrected chi connectivity index (χ4v) is 2.76. The molecule has 0 radical (unpaired) electrons. The molecule has 1 heterocycles. The number of aliphatic hydroxyl groups is 1. The number of fused-ring (bicyclic) bond motifs is 1. The van der Waals surface area contributed by atoms with Gasteiger partial charge < -0.3 is 14.9 Å². The molecular weight excluding hydrogens is 266 g/mol. The number of nitrogens with zero attached hydrogens (tertiary/aromatic N) is 3. The summed E-state index contributed by atoms with van der Waals surface area (Å²) in [5, 5.41) is 18.2. The number of carbonyl (C=O) groups excluding carboxylic acids is 1. The summed E-state index contributed by atoms with van der Waals surface area (Å²) in [7, 11) is 3.79. The van der Waals surface area contributed by atoms with Crippen LogP contribution in [0.2, 0.25) is 0 Å². The van der Waals surface area contributed by atoms with Gasteiger partial charge in [-0.1, -0.05) is 12.1 Å². The summed E-state index contributed by atoms with van der Waals surface area (Å²) in [5.41, 5.74) is 2.31. The molecule has 21 heavy (non-hydrogen) atoms. The Morgan fingerprint density at radius 1 is 1.33 bits per heavy atom. The predicted molar refractivity (Wildman–Crippen MR) is 81.1 cm³/mol. The van der Waals surface area contributed by atoms with Gasteiger partial charge in [-0.3, -0.25) is 4.79 Å². The molecule has 112 valence electrons. The molecule has 5 heteroatoms. The highest BCUT2D eigenvalue weighted by Crippen LogP contribution is 2.38. The van der Waals surface area contributed by atoms with Gasteiger partial charge in [0.2, 0.25) is 0 Å². The van der Waals surface area contributed by atoms with Gasteiger partial charge in [-0.25, -0.2) is 0 Å². The molecule has 0 aliphatic carbocycles. The monoisotopic (exact) mass is 287 g/mol. The number of carbonyl (C=O) groups is 1. The summed E-state index contributed by atoms with van der Waals surface area (Å²) in [6.07, 6.45) is 2.39. The van der Waals surface area contributed by atoms with E-state index in [1.807, 2.05) is 37.2 Å². The molecule has 2 rings (SSSR count). The van der Waals surface area contributed by atoms with E-state index in [2.05, 4.69) is 6.07 Å². The molecule has 0 bridgehead atoms. The van der Waals surface area contributed by atoms with Crippen LogP contribution in [0.25, 0.3) is 0 Å². The van der Waals surface area contributed by atoms with E-state index >= 15 is 0 Å². The minimum Gasteiger partial charge on any atom is -0.396 e. The normalized spacial score (nSPS) is 16.8. The van der Waals surface area contributed by atoms with Crippen LogP contribution in [0.1, 0.15) is 41.2 Å². The van der Waals surface area contributed by atoms with Crippen LogP contribution in [0.15, 0.2) is 18.2 Å². The molecule has 1 unspecified atom stereocenters. The predicted octanol–water partition coefficient (Wildman–Crippen LogP) is 1.94. The van der Waals surface area contributed by atoms with Crippen LogP contribution in [-0.2, 0) is 0 Å². The van der Waals surface area contributed by atoms with Gasteiger partial charge in [-0.2, -0.15) is 5.26 Å². The maximum absolute atomic E-state index is 12.7. The molecule has 0 saturated carbocycles. The molecule has 0 aromatic heterocycles. The van der Waals surface area contributed by atoms with Gasteiger partial charge in [0.1, 0.15) is 6.04 Å². The van der Waals surface area contributed by atoms with Gasteiger partial charge in [0.05, 0.1) is 11.6 Å². The van der Waals surface area contributed by atoms with Crippen molar-refractivity contribution < 1.29 is 9.90 Å². The Morgan fingerprint density at radius 2 is 2.10 bits per heavy atom. The third-order valence-electron chi connectivity index (χ3n) is 3.82. The first-order valence-electron chi connectivity index (χ1n) is 7.23.